The molecule has 0 bridgehead atoms. The molecule has 2 heterocycles. The van der Waals surface area contributed by atoms with E-state index in [-0.39, 0.29) is 5.91 Å². The fourth-order valence-electron chi connectivity index (χ4n) is 3.61. The number of hydrogen-bond donors (Lipinski definition) is 0. The van der Waals surface area contributed by atoms with E-state index in [1.54, 1.807) is 4.90 Å². The molecule has 1 aromatic heterocycles. The third-order valence-electron chi connectivity index (χ3n) is 5.12. The number of nitrogens with zero attached hydrogens (tertiary/aromatic N) is 3. The fourth-order valence-corrected chi connectivity index (χ4v) is 3.61. The number of rotatable bonds is 3. The second-order valence-corrected chi connectivity index (χ2v) is 7.07. The number of aryl methyl sites for hydroxylation is 1. The first kappa shape index (κ1) is 17.3. The van der Waals surface area contributed by atoms with Crippen LogP contribution in [0.15, 0.2) is 66.9 Å². The third kappa shape index (κ3) is 3.56. The first-order valence-corrected chi connectivity index (χ1v) is 9.19. The van der Waals surface area contributed by atoms with E-state index in [0.717, 1.165) is 22.5 Å². The summed E-state index contributed by atoms with van der Waals surface area (Å²) in [5, 5.41) is 0. The first-order chi connectivity index (χ1) is 13.1. The van der Waals surface area contributed by atoms with E-state index in [1.807, 2.05) is 44.4 Å². The number of benzene rings is 2. The summed E-state index contributed by atoms with van der Waals surface area (Å²) in [7, 11) is 1.87. The monoisotopic (exact) mass is 357 g/mol. The van der Waals surface area contributed by atoms with Gasteiger partial charge in [-0.15, -0.1) is 0 Å². The SMILES string of the molecule is Cc1ncccc1-c1ccc2c(c1)N(Cc1ccccc1)CC(=O)N(C)C2. The van der Waals surface area contributed by atoms with E-state index in [2.05, 4.69) is 46.3 Å². The van der Waals surface area contributed by atoms with Crippen LogP contribution in [-0.2, 0) is 17.9 Å². The molecule has 0 spiro atoms. The zero-order valence-corrected chi connectivity index (χ0v) is 15.7. The largest absolute Gasteiger partial charge is 0.358 e. The van der Waals surface area contributed by atoms with Crippen molar-refractivity contribution in [3.63, 3.8) is 0 Å². The highest BCUT2D eigenvalue weighted by Crippen LogP contribution is 2.32. The summed E-state index contributed by atoms with van der Waals surface area (Å²) in [6.07, 6.45) is 1.82. The van der Waals surface area contributed by atoms with Crippen molar-refractivity contribution >= 4 is 11.6 Å². The highest BCUT2D eigenvalue weighted by molar-refractivity contribution is 5.84. The van der Waals surface area contributed by atoms with E-state index >= 15 is 0 Å². The number of pyridine rings is 1. The molecule has 2 aromatic carbocycles. The standard InChI is InChI=1S/C23H23N3O/c1-17-21(9-6-12-24-17)19-10-11-20-15-25(2)23(27)16-26(22(20)13-19)14-18-7-4-3-5-8-18/h3-13H,14-16H2,1-2H3. The lowest BCUT2D eigenvalue weighted by atomic mass is 10.0. The molecule has 0 atom stereocenters. The van der Waals surface area contributed by atoms with Crippen molar-refractivity contribution in [1.29, 1.82) is 0 Å². The zero-order chi connectivity index (χ0) is 18.8. The van der Waals surface area contributed by atoms with Gasteiger partial charge < -0.3 is 9.80 Å². The normalized spacial score (nSPS) is 14.1. The zero-order valence-electron chi connectivity index (χ0n) is 15.7. The second-order valence-electron chi connectivity index (χ2n) is 7.07. The minimum atomic E-state index is 0.140. The van der Waals surface area contributed by atoms with E-state index in [0.29, 0.717) is 19.6 Å². The van der Waals surface area contributed by atoms with E-state index in [4.69, 9.17) is 0 Å². The van der Waals surface area contributed by atoms with Gasteiger partial charge in [0.25, 0.3) is 0 Å². The minimum absolute atomic E-state index is 0.140. The third-order valence-corrected chi connectivity index (χ3v) is 5.12. The molecular weight excluding hydrogens is 334 g/mol. The van der Waals surface area contributed by atoms with Gasteiger partial charge in [0, 0.05) is 43.3 Å². The van der Waals surface area contributed by atoms with Crippen LogP contribution < -0.4 is 4.90 Å². The Morgan fingerprint density at radius 1 is 1.00 bits per heavy atom. The molecule has 1 aliphatic rings. The average Bonchev–Trinajstić information content (AvgIpc) is 2.79. The molecule has 0 aliphatic carbocycles. The number of carbonyl (C=O) groups is 1. The van der Waals surface area contributed by atoms with Gasteiger partial charge in [0.05, 0.1) is 6.54 Å². The van der Waals surface area contributed by atoms with Crippen LogP contribution in [0.25, 0.3) is 11.1 Å². The molecule has 1 aliphatic heterocycles. The highest BCUT2D eigenvalue weighted by atomic mass is 16.2. The number of fused-ring (bicyclic) bond motifs is 1. The smallest absolute Gasteiger partial charge is 0.242 e. The number of aromatic nitrogens is 1. The van der Waals surface area contributed by atoms with E-state index in [1.165, 1.54) is 11.1 Å². The van der Waals surface area contributed by atoms with Crippen LogP contribution in [0, 0.1) is 6.92 Å². The van der Waals surface area contributed by atoms with Crippen molar-refractivity contribution in [2.75, 3.05) is 18.5 Å². The minimum Gasteiger partial charge on any atom is -0.358 e. The molecule has 0 N–H and O–H groups in total. The first-order valence-electron chi connectivity index (χ1n) is 9.19. The summed E-state index contributed by atoms with van der Waals surface area (Å²) in [6, 6.07) is 20.8. The number of carbonyl (C=O) groups excluding carboxylic acids is 1. The summed E-state index contributed by atoms with van der Waals surface area (Å²) < 4.78 is 0. The average molecular weight is 357 g/mol. The summed E-state index contributed by atoms with van der Waals surface area (Å²) in [5.74, 6) is 0.140. The molecule has 0 saturated carbocycles. The molecule has 0 fully saturated rings. The Morgan fingerprint density at radius 2 is 1.81 bits per heavy atom. The molecule has 0 saturated heterocycles. The second kappa shape index (κ2) is 7.23. The molecule has 4 nitrogen and oxygen atoms in total. The van der Waals surface area contributed by atoms with E-state index < -0.39 is 0 Å². The summed E-state index contributed by atoms with van der Waals surface area (Å²) in [4.78, 5) is 21.0. The van der Waals surface area contributed by atoms with Crippen LogP contribution in [0.1, 0.15) is 16.8 Å². The lowest BCUT2D eigenvalue weighted by Gasteiger charge is -2.25. The molecule has 3 aromatic rings. The van der Waals surface area contributed by atoms with Gasteiger partial charge in [-0.1, -0.05) is 48.5 Å². The van der Waals surface area contributed by atoms with Gasteiger partial charge in [-0.05, 0) is 35.7 Å². The van der Waals surface area contributed by atoms with E-state index in [9.17, 15) is 4.79 Å². The predicted octanol–water partition coefficient (Wildman–Crippen LogP) is 4.04. The molecule has 136 valence electrons. The molecule has 4 heteroatoms. The number of anilines is 1. The van der Waals surface area contributed by atoms with Crippen LogP contribution in [0.5, 0.6) is 0 Å². The molecule has 27 heavy (non-hydrogen) atoms. The number of likely N-dealkylation sites (N-methyl/N-ethyl adjacent to an activating group) is 1. The van der Waals surface area contributed by atoms with Crippen molar-refractivity contribution in [2.45, 2.75) is 20.0 Å². The number of amides is 1. The summed E-state index contributed by atoms with van der Waals surface area (Å²) >= 11 is 0. The Kier molecular flexibility index (Phi) is 4.63. The van der Waals surface area contributed by atoms with Crippen LogP contribution in [0.3, 0.4) is 0 Å². The van der Waals surface area contributed by atoms with Crippen molar-refractivity contribution in [1.82, 2.24) is 9.88 Å². The lowest BCUT2D eigenvalue weighted by Crippen LogP contribution is -2.34. The Bertz CT molecular complexity index is 968. The van der Waals surface area contributed by atoms with Crippen LogP contribution >= 0.6 is 0 Å². The van der Waals surface area contributed by atoms with Gasteiger partial charge >= 0.3 is 0 Å². The Labute approximate surface area is 160 Å². The quantitative estimate of drug-likeness (QED) is 0.710. The van der Waals surface area contributed by atoms with Gasteiger partial charge in [0.15, 0.2) is 0 Å². The van der Waals surface area contributed by atoms with Crippen LogP contribution in [0.4, 0.5) is 5.69 Å². The molecular formula is C23H23N3O. The van der Waals surface area contributed by atoms with Crippen LogP contribution in [0.2, 0.25) is 0 Å². The van der Waals surface area contributed by atoms with Crippen LogP contribution in [-0.4, -0.2) is 29.4 Å². The topological polar surface area (TPSA) is 36.4 Å². The van der Waals surface area contributed by atoms with Gasteiger partial charge in [0.2, 0.25) is 5.91 Å². The molecule has 0 unspecified atom stereocenters. The maximum atomic E-state index is 12.6. The van der Waals surface area contributed by atoms with Crippen molar-refractivity contribution in [3.8, 4) is 11.1 Å². The lowest BCUT2D eigenvalue weighted by molar-refractivity contribution is -0.128. The van der Waals surface area contributed by atoms with Crippen molar-refractivity contribution < 1.29 is 4.79 Å². The van der Waals surface area contributed by atoms with Crippen molar-refractivity contribution in [3.05, 3.63) is 83.7 Å². The highest BCUT2D eigenvalue weighted by Gasteiger charge is 2.24. The van der Waals surface area contributed by atoms with Gasteiger partial charge in [-0.2, -0.15) is 0 Å². The maximum absolute atomic E-state index is 12.6. The molecule has 1 amide bonds. The fraction of sp³-hybridized carbons (Fsp3) is 0.217. The number of hydrogen-bond acceptors (Lipinski definition) is 3. The Balaban J connectivity index is 1.78. The summed E-state index contributed by atoms with van der Waals surface area (Å²) in [5.41, 5.74) is 6.76. The maximum Gasteiger partial charge on any atom is 0.242 e. The molecule has 0 radical (unpaired) electrons. The van der Waals surface area contributed by atoms with Gasteiger partial charge in [-0.3, -0.25) is 9.78 Å². The predicted molar refractivity (Wildman–Crippen MR) is 108 cm³/mol. The Morgan fingerprint density at radius 3 is 2.59 bits per heavy atom. The van der Waals surface area contributed by atoms with Gasteiger partial charge in [0.1, 0.15) is 0 Å². The van der Waals surface area contributed by atoms with Gasteiger partial charge in [-0.25, -0.2) is 0 Å². The summed E-state index contributed by atoms with van der Waals surface area (Å²) in [6.45, 7) is 3.75. The Hall–Kier alpha value is -3.14. The molecule has 4 rings (SSSR count). The van der Waals surface area contributed by atoms with Crippen molar-refractivity contribution in [2.24, 2.45) is 0 Å².